The molecule has 1 saturated carbocycles. The Kier molecular flexibility index (Phi) is 7.88. The number of likely N-dealkylation sites (N-methyl/N-ethyl adjacent to an activating group) is 1. The highest BCUT2D eigenvalue weighted by Crippen LogP contribution is 2.53. The third-order valence-electron chi connectivity index (χ3n) is 7.96. The van der Waals surface area contributed by atoms with Crippen molar-refractivity contribution in [1.82, 2.24) is 10.2 Å². The molecule has 0 spiro atoms. The molecule has 1 aromatic rings. The maximum Gasteiger partial charge on any atom is 0.390 e. The molecule has 3 aliphatic carbocycles. The number of nitrogens with zero attached hydrogens (tertiary/aromatic N) is 2. The zero-order valence-corrected chi connectivity index (χ0v) is 23.0. The average Bonchev–Trinajstić information content (AvgIpc) is 2.84. The highest BCUT2D eigenvalue weighted by molar-refractivity contribution is 6.24. The van der Waals surface area contributed by atoms with Gasteiger partial charge in [-0.2, -0.15) is 13.2 Å². The topological polar surface area (TPSA) is 166 Å². The van der Waals surface area contributed by atoms with Crippen LogP contribution in [-0.4, -0.2) is 97.0 Å². The van der Waals surface area contributed by atoms with E-state index in [4.69, 9.17) is 10.5 Å². The molecule has 6 N–H and O–H groups in total. The van der Waals surface area contributed by atoms with Crippen LogP contribution in [0.15, 0.2) is 29.0 Å². The standard InChI is InChI=1S/C27H33F3N4O7/c1-33(2)15-5-6-16(41-11-32-8-7-26(28,29)30)18-13(15)9-12-10-14-20(34(3)4)22(36)19(25(31)39)24(38)27(14,40)23(37)17(12)21(18)35/h5-6,12,14,20,32,35,38,40H,7-11H2,1-4H3,(H2,31,39)/t12-,14-,20-,27-/m0/s1. The molecular weight excluding hydrogens is 549 g/mol. The molecule has 1 amide bonds. The number of nitrogens with two attached hydrogens (primary N) is 1. The Hall–Kier alpha value is -3.62. The first-order valence-corrected chi connectivity index (χ1v) is 12.9. The Balaban J connectivity index is 1.82. The van der Waals surface area contributed by atoms with E-state index in [0.29, 0.717) is 11.3 Å². The molecule has 0 saturated heterocycles. The first kappa shape index (κ1) is 30.3. The van der Waals surface area contributed by atoms with Gasteiger partial charge in [-0.15, -0.1) is 0 Å². The van der Waals surface area contributed by atoms with E-state index in [9.17, 15) is 42.9 Å². The molecule has 4 atom stereocenters. The van der Waals surface area contributed by atoms with Gasteiger partial charge in [0, 0.05) is 37.8 Å². The van der Waals surface area contributed by atoms with Gasteiger partial charge in [-0.3, -0.25) is 24.6 Å². The lowest BCUT2D eigenvalue weighted by Gasteiger charge is -2.50. The molecule has 11 nitrogen and oxygen atoms in total. The lowest BCUT2D eigenvalue weighted by molar-refractivity contribution is -0.153. The van der Waals surface area contributed by atoms with Crippen LogP contribution >= 0.6 is 0 Å². The third-order valence-corrected chi connectivity index (χ3v) is 7.96. The van der Waals surface area contributed by atoms with Crippen molar-refractivity contribution in [2.45, 2.75) is 37.1 Å². The van der Waals surface area contributed by atoms with Crippen molar-refractivity contribution in [2.24, 2.45) is 17.6 Å². The number of hydrogen-bond donors (Lipinski definition) is 5. The zero-order chi connectivity index (χ0) is 30.6. The number of hydrogen-bond acceptors (Lipinski definition) is 10. The van der Waals surface area contributed by atoms with Crippen LogP contribution in [0.25, 0.3) is 5.76 Å². The van der Waals surface area contributed by atoms with Crippen molar-refractivity contribution in [2.75, 3.05) is 46.4 Å². The van der Waals surface area contributed by atoms with E-state index in [0.717, 1.165) is 0 Å². The van der Waals surface area contributed by atoms with Crippen molar-refractivity contribution < 1.29 is 47.6 Å². The molecule has 0 aliphatic heterocycles. The molecule has 41 heavy (non-hydrogen) atoms. The van der Waals surface area contributed by atoms with Gasteiger partial charge in [-0.25, -0.2) is 0 Å². The lowest BCUT2D eigenvalue weighted by Crippen LogP contribution is -2.65. The minimum Gasteiger partial charge on any atom is -0.508 e. The summed E-state index contributed by atoms with van der Waals surface area (Å²) in [6.07, 6.45) is -5.25. The van der Waals surface area contributed by atoms with E-state index >= 15 is 0 Å². The molecule has 0 heterocycles. The third kappa shape index (κ3) is 5.04. The highest BCUT2D eigenvalue weighted by atomic mass is 19.4. The van der Waals surface area contributed by atoms with Crippen molar-refractivity contribution in [1.29, 1.82) is 0 Å². The molecule has 224 valence electrons. The summed E-state index contributed by atoms with van der Waals surface area (Å²) < 4.78 is 43.1. The zero-order valence-electron chi connectivity index (χ0n) is 23.0. The van der Waals surface area contributed by atoms with Crippen LogP contribution in [0, 0.1) is 11.8 Å². The summed E-state index contributed by atoms with van der Waals surface area (Å²) >= 11 is 0. The Morgan fingerprint density at radius 1 is 1.20 bits per heavy atom. The normalized spacial score (nSPS) is 26.1. The monoisotopic (exact) mass is 582 g/mol. The number of aliphatic hydroxyl groups excluding tert-OH is 2. The second kappa shape index (κ2) is 10.7. The number of carbonyl (C=O) groups is 3. The first-order valence-electron chi connectivity index (χ1n) is 12.9. The van der Waals surface area contributed by atoms with Crippen LogP contribution in [-0.2, 0) is 20.8 Å². The summed E-state index contributed by atoms with van der Waals surface area (Å²) in [5.74, 6) is -6.66. The summed E-state index contributed by atoms with van der Waals surface area (Å²) in [4.78, 5) is 42.5. The second-order valence-corrected chi connectivity index (χ2v) is 10.9. The van der Waals surface area contributed by atoms with E-state index in [2.05, 4.69) is 5.32 Å². The predicted molar refractivity (Wildman–Crippen MR) is 141 cm³/mol. The van der Waals surface area contributed by atoms with Crippen molar-refractivity contribution in [3.8, 4) is 5.75 Å². The van der Waals surface area contributed by atoms with Crippen LogP contribution in [0.2, 0.25) is 0 Å². The Bertz CT molecular complexity index is 1350. The molecule has 0 unspecified atom stereocenters. The molecule has 0 radical (unpaired) electrons. The SMILES string of the molecule is CN(C)c1ccc(OCNCCC(F)(F)F)c2c1C[C@H]1C[C@H]3[C@H](N(C)C)C(=O)C(C(N)=O)=C(O)[C@@]3(O)C(=O)C1=C2O. The largest absolute Gasteiger partial charge is 0.508 e. The Labute approximate surface area is 234 Å². The quantitative estimate of drug-likeness (QED) is 0.171. The molecule has 4 rings (SSSR count). The van der Waals surface area contributed by atoms with Crippen molar-refractivity contribution in [3.63, 3.8) is 0 Å². The summed E-state index contributed by atoms with van der Waals surface area (Å²) in [5.41, 5.74) is 2.92. The first-order chi connectivity index (χ1) is 19.0. The van der Waals surface area contributed by atoms with Gasteiger partial charge in [0.15, 0.2) is 11.4 Å². The summed E-state index contributed by atoms with van der Waals surface area (Å²) in [6.45, 7) is -0.725. The lowest BCUT2D eigenvalue weighted by atomic mass is 9.57. The minimum absolute atomic E-state index is 0.0112. The van der Waals surface area contributed by atoms with Crippen LogP contribution < -0.4 is 20.7 Å². The number of anilines is 1. The van der Waals surface area contributed by atoms with Crippen LogP contribution in [0.4, 0.5) is 18.9 Å². The summed E-state index contributed by atoms with van der Waals surface area (Å²) in [7, 11) is 6.60. The van der Waals surface area contributed by atoms with Gasteiger partial charge in [-0.1, -0.05) is 0 Å². The molecule has 3 aliphatic rings. The minimum atomic E-state index is -4.35. The number of ether oxygens (including phenoxy) is 1. The maximum atomic E-state index is 14.0. The number of Topliss-reactive ketones (excluding diaryl/α,β-unsaturated/α-hetero) is 2. The fourth-order valence-electron chi connectivity index (χ4n) is 6.18. The van der Waals surface area contributed by atoms with Crippen molar-refractivity contribution in [3.05, 3.63) is 40.2 Å². The fraction of sp³-hybridized carbons (Fsp3) is 0.519. The van der Waals surface area contributed by atoms with E-state index < -0.39 is 77.2 Å². The number of primary amides is 1. The van der Waals surface area contributed by atoms with Gasteiger partial charge in [0.1, 0.15) is 29.6 Å². The number of ketones is 2. The van der Waals surface area contributed by atoms with Crippen LogP contribution in [0.1, 0.15) is 24.0 Å². The molecule has 14 heteroatoms. The molecule has 1 aromatic carbocycles. The highest BCUT2D eigenvalue weighted by Gasteiger charge is 2.64. The number of alkyl halides is 3. The molecule has 0 aromatic heterocycles. The van der Waals surface area contributed by atoms with Gasteiger partial charge >= 0.3 is 6.18 Å². The van der Waals surface area contributed by atoms with Crippen LogP contribution in [0.3, 0.4) is 0 Å². The van der Waals surface area contributed by atoms with Gasteiger partial charge in [0.25, 0.3) is 5.91 Å². The average molecular weight is 583 g/mol. The summed E-state index contributed by atoms with van der Waals surface area (Å²) in [6, 6.07) is 2.05. The predicted octanol–water partition coefficient (Wildman–Crippen LogP) is 1.20. The number of aliphatic hydroxyl groups is 3. The second-order valence-electron chi connectivity index (χ2n) is 10.9. The van der Waals surface area contributed by atoms with Gasteiger partial charge < -0.3 is 30.7 Å². The maximum absolute atomic E-state index is 14.0. The van der Waals surface area contributed by atoms with E-state index in [1.165, 1.54) is 25.1 Å². The molecule has 0 bridgehead atoms. The van der Waals surface area contributed by atoms with Crippen LogP contribution in [0.5, 0.6) is 5.75 Å². The van der Waals surface area contributed by atoms with Gasteiger partial charge in [0.05, 0.1) is 18.0 Å². The Morgan fingerprint density at radius 2 is 1.85 bits per heavy atom. The number of nitrogens with one attached hydrogen (secondary N) is 1. The Morgan fingerprint density at radius 3 is 2.41 bits per heavy atom. The van der Waals surface area contributed by atoms with E-state index in [1.54, 1.807) is 25.1 Å². The molecule has 1 fully saturated rings. The smallest absolute Gasteiger partial charge is 0.390 e. The number of halogens is 3. The molecular formula is C27H33F3N4O7. The van der Waals surface area contributed by atoms with Crippen molar-refractivity contribution >= 4 is 28.9 Å². The van der Waals surface area contributed by atoms with Gasteiger partial charge in [0.2, 0.25) is 5.78 Å². The number of benzene rings is 1. The fourth-order valence-corrected chi connectivity index (χ4v) is 6.18. The summed E-state index contributed by atoms with van der Waals surface area (Å²) in [5, 5.41) is 36.7. The number of amides is 1. The van der Waals surface area contributed by atoms with E-state index in [-0.39, 0.29) is 36.5 Å². The number of rotatable bonds is 8. The van der Waals surface area contributed by atoms with E-state index in [1.807, 2.05) is 0 Å². The number of fused-ring (bicyclic) bond motifs is 3. The van der Waals surface area contributed by atoms with Gasteiger partial charge in [-0.05, 0) is 50.6 Å². The number of carbonyl (C=O) groups excluding carboxylic acids is 3.